The van der Waals surface area contributed by atoms with Crippen molar-refractivity contribution in [1.82, 2.24) is 14.9 Å². The number of anilines is 1. The Balaban J connectivity index is 1.44. The first kappa shape index (κ1) is 17.3. The molecule has 2 saturated heterocycles. The third-order valence-corrected chi connectivity index (χ3v) is 5.39. The molecule has 0 radical (unpaired) electrons. The van der Waals surface area contributed by atoms with Crippen molar-refractivity contribution in [1.29, 1.82) is 0 Å². The van der Waals surface area contributed by atoms with E-state index in [0.29, 0.717) is 13.1 Å². The fourth-order valence-electron chi connectivity index (χ4n) is 3.90. The molecule has 26 heavy (non-hydrogen) atoms. The number of nitrogens with one attached hydrogen (secondary N) is 1. The summed E-state index contributed by atoms with van der Waals surface area (Å²) < 4.78 is 7.51. The van der Waals surface area contributed by atoms with E-state index in [-0.39, 0.29) is 12.0 Å². The van der Waals surface area contributed by atoms with Crippen LogP contribution in [-0.4, -0.2) is 47.8 Å². The Morgan fingerprint density at radius 2 is 2.00 bits per heavy atom. The van der Waals surface area contributed by atoms with E-state index in [9.17, 15) is 4.79 Å². The Morgan fingerprint density at radius 1 is 1.15 bits per heavy atom. The maximum atomic E-state index is 12.3. The Bertz CT molecular complexity index is 743. The number of ether oxygens (including phenoxy) is 1. The predicted octanol–water partition coefficient (Wildman–Crippen LogP) is 2.71. The lowest BCUT2D eigenvalue weighted by Gasteiger charge is -2.21. The van der Waals surface area contributed by atoms with E-state index >= 15 is 0 Å². The summed E-state index contributed by atoms with van der Waals surface area (Å²) in [7, 11) is 0. The summed E-state index contributed by atoms with van der Waals surface area (Å²) >= 11 is 0. The number of aromatic nitrogens is 2. The Labute approximate surface area is 154 Å². The zero-order valence-corrected chi connectivity index (χ0v) is 15.3. The van der Waals surface area contributed by atoms with Crippen molar-refractivity contribution in [2.75, 3.05) is 31.1 Å². The molecule has 0 spiro atoms. The molecule has 2 aliphatic heterocycles. The Morgan fingerprint density at radius 3 is 2.77 bits per heavy atom. The molecule has 0 bridgehead atoms. The van der Waals surface area contributed by atoms with Crippen molar-refractivity contribution in [2.24, 2.45) is 0 Å². The fourth-order valence-corrected chi connectivity index (χ4v) is 3.90. The summed E-state index contributed by atoms with van der Waals surface area (Å²) in [5.41, 5.74) is 0.888. The van der Waals surface area contributed by atoms with Gasteiger partial charge in [0.1, 0.15) is 18.0 Å². The Hall–Kier alpha value is -2.08. The highest BCUT2D eigenvalue weighted by molar-refractivity contribution is 5.82. The second-order valence-corrected chi connectivity index (χ2v) is 7.37. The molecule has 4 heterocycles. The average molecular weight is 356 g/mol. The lowest BCUT2D eigenvalue weighted by atomic mass is 10.2. The van der Waals surface area contributed by atoms with Crippen LogP contribution in [0.2, 0.25) is 0 Å². The number of nitrogens with zero attached hydrogens (tertiary/aromatic N) is 3. The van der Waals surface area contributed by atoms with E-state index in [0.717, 1.165) is 49.4 Å². The van der Waals surface area contributed by atoms with Crippen molar-refractivity contribution < 1.29 is 9.53 Å². The molecule has 1 N–H and O–H groups in total. The molecule has 2 fully saturated rings. The summed E-state index contributed by atoms with van der Waals surface area (Å²) in [6.45, 7) is 3.85. The molecular formula is C20H28N4O2. The first-order chi connectivity index (χ1) is 12.8. The number of fused-ring (bicyclic) bond motifs is 1. The van der Waals surface area contributed by atoms with Crippen LogP contribution >= 0.6 is 0 Å². The molecule has 4 rings (SSSR count). The van der Waals surface area contributed by atoms with Gasteiger partial charge >= 0.3 is 0 Å². The lowest BCUT2D eigenvalue weighted by molar-refractivity contribution is -0.122. The molecule has 0 saturated carbocycles. The highest BCUT2D eigenvalue weighted by Crippen LogP contribution is 2.22. The second kappa shape index (κ2) is 8.08. The van der Waals surface area contributed by atoms with Crippen LogP contribution in [0.15, 0.2) is 24.4 Å². The van der Waals surface area contributed by atoms with Gasteiger partial charge in [-0.25, -0.2) is 4.98 Å². The van der Waals surface area contributed by atoms with Crippen LogP contribution in [0.25, 0.3) is 11.0 Å². The molecule has 0 unspecified atom stereocenters. The summed E-state index contributed by atoms with van der Waals surface area (Å²) in [6, 6.07) is 6.25. The van der Waals surface area contributed by atoms with Gasteiger partial charge in [0, 0.05) is 37.8 Å². The van der Waals surface area contributed by atoms with Crippen LogP contribution < -0.4 is 10.2 Å². The summed E-state index contributed by atoms with van der Waals surface area (Å²) in [5, 5.41) is 4.07. The predicted molar refractivity (Wildman–Crippen MR) is 102 cm³/mol. The minimum atomic E-state index is 0.0139. The number of carbonyl (C=O) groups excluding carboxylic acids is 1. The van der Waals surface area contributed by atoms with E-state index < -0.39 is 0 Å². The van der Waals surface area contributed by atoms with Crippen LogP contribution in [0.3, 0.4) is 0 Å². The number of hydrogen-bond acceptors (Lipinski definition) is 4. The van der Waals surface area contributed by atoms with Gasteiger partial charge in [0.15, 0.2) is 0 Å². The highest BCUT2D eigenvalue weighted by Gasteiger charge is 2.17. The maximum Gasteiger partial charge on any atom is 0.240 e. The SMILES string of the molecule is O=C(Cn1ccc2ccc(N3CCCCCC3)nc21)NC[C@H]1CCCO1. The highest BCUT2D eigenvalue weighted by atomic mass is 16.5. The van der Waals surface area contributed by atoms with Crippen LogP contribution in [0, 0.1) is 0 Å². The van der Waals surface area contributed by atoms with Gasteiger partial charge in [0.25, 0.3) is 0 Å². The van der Waals surface area contributed by atoms with Crippen LogP contribution in [-0.2, 0) is 16.1 Å². The Kier molecular flexibility index (Phi) is 5.39. The van der Waals surface area contributed by atoms with Crippen LogP contribution in [0.1, 0.15) is 38.5 Å². The summed E-state index contributed by atoms with van der Waals surface area (Å²) in [6.07, 6.45) is 9.32. The third-order valence-electron chi connectivity index (χ3n) is 5.39. The first-order valence-electron chi connectivity index (χ1n) is 9.89. The molecule has 140 valence electrons. The minimum absolute atomic E-state index is 0.0139. The molecule has 0 aliphatic carbocycles. The zero-order valence-electron chi connectivity index (χ0n) is 15.3. The number of amides is 1. The van der Waals surface area contributed by atoms with E-state index in [1.54, 1.807) is 0 Å². The molecule has 1 amide bonds. The zero-order chi connectivity index (χ0) is 17.8. The van der Waals surface area contributed by atoms with Gasteiger partial charge < -0.3 is 19.5 Å². The van der Waals surface area contributed by atoms with Crippen molar-refractivity contribution >= 4 is 22.8 Å². The summed E-state index contributed by atoms with van der Waals surface area (Å²) in [5.74, 6) is 1.04. The fraction of sp³-hybridized carbons (Fsp3) is 0.600. The van der Waals surface area contributed by atoms with Gasteiger partial charge in [-0.2, -0.15) is 0 Å². The van der Waals surface area contributed by atoms with Crippen molar-refractivity contribution in [3.63, 3.8) is 0 Å². The van der Waals surface area contributed by atoms with Gasteiger partial charge in [-0.1, -0.05) is 12.8 Å². The number of pyridine rings is 1. The molecular weight excluding hydrogens is 328 g/mol. The number of rotatable bonds is 5. The molecule has 2 aromatic heterocycles. The second-order valence-electron chi connectivity index (χ2n) is 7.37. The van der Waals surface area contributed by atoms with Gasteiger partial charge in [0.05, 0.1) is 6.10 Å². The smallest absolute Gasteiger partial charge is 0.240 e. The van der Waals surface area contributed by atoms with Crippen LogP contribution in [0.5, 0.6) is 0 Å². The molecule has 1 atom stereocenters. The van der Waals surface area contributed by atoms with E-state index in [1.807, 2.05) is 16.8 Å². The standard InChI is InChI=1S/C20H28N4O2/c25-19(21-14-17-6-5-13-26-17)15-24-12-9-16-7-8-18(22-20(16)24)23-10-3-1-2-4-11-23/h7-9,12,17H,1-6,10-11,13-15H2,(H,21,25)/t17-/m1/s1. The van der Waals surface area contributed by atoms with Crippen LogP contribution in [0.4, 0.5) is 5.82 Å². The van der Waals surface area contributed by atoms with Gasteiger partial charge in [0.2, 0.25) is 5.91 Å². The normalized spacial score (nSPS) is 21.1. The van der Waals surface area contributed by atoms with Crippen molar-refractivity contribution in [3.05, 3.63) is 24.4 Å². The maximum absolute atomic E-state index is 12.3. The van der Waals surface area contributed by atoms with Crippen molar-refractivity contribution in [3.8, 4) is 0 Å². The number of carbonyl (C=O) groups is 1. The average Bonchev–Trinajstić information content (AvgIpc) is 3.23. The minimum Gasteiger partial charge on any atom is -0.376 e. The lowest BCUT2D eigenvalue weighted by Crippen LogP contribution is -2.34. The summed E-state index contributed by atoms with van der Waals surface area (Å²) in [4.78, 5) is 19.6. The van der Waals surface area contributed by atoms with E-state index in [2.05, 4.69) is 22.3 Å². The van der Waals surface area contributed by atoms with Gasteiger partial charge in [-0.3, -0.25) is 4.79 Å². The van der Waals surface area contributed by atoms with E-state index in [1.165, 1.54) is 25.7 Å². The quantitative estimate of drug-likeness (QED) is 0.895. The third kappa shape index (κ3) is 4.01. The molecule has 2 aliphatic rings. The van der Waals surface area contributed by atoms with E-state index in [4.69, 9.17) is 9.72 Å². The number of hydrogen-bond donors (Lipinski definition) is 1. The molecule has 6 heteroatoms. The van der Waals surface area contributed by atoms with Gasteiger partial charge in [-0.15, -0.1) is 0 Å². The monoisotopic (exact) mass is 356 g/mol. The largest absolute Gasteiger partial charge is 0.376 e. The molecule has 6 nitrogen and oxygen atoms in total. The van der Waals surface area contributed by atoms with Gasteiger partial charge in [-0.05, 0) is 43.9 Å². The molecule has 0 aromatic carbocycles. The first-order valence-corrected chi connectivity index (χ1v) is 9.89. The topological polar surface area (TPSA) is 59.4 Å². The molecule has 2 aromatic rings. The van der Waals surface area contributed by atoms with Crippen molar-refractivity contribution in [2.45, 2.75) is 51.2 Å².